The summed E-state index contributed by atoms with van der Waals surface area (Å²) < 4.78 is 23.7. The van der Waals surface area contributed by atoms with E-state index in [0.29, 0.717) is 37.7 Å². The number of hydrogen-bond acceptors (Lipinski definition) is 13. The molecule has 5 aliphatic rings. The van der Waals surface area contributed by atoms with Crippen molar-refractivity contribution in [3.05, 3.63) is 65.5 Å². The number of hydrogen-bond donors (Lipinski definition) is 4. The molecule has 0 bridgehead atoms. The van der Waals surface area contributed by atoms with Crippen LogP contribution in [0.1, 0.15) is 69.7 Å². The molecule has 7 amide bonds. The summed E-state index contributed by atoms with van der Waals surface area (Å²) in [5, 5.41) is 8.44. The van der Waals surface area contributed by atoms with Crippen molar-refractivity contribution in [3.63, 3.8) is 0 Å². The van der Waals surface area contributed by atoms with E-state index in [1.807, 2.05) is 15.9 Å². The summed E-state index contributed by atoms with van der Waals surface area (Å²) in [6, 6.07) is 9.88. The molecule has 4 saturated heterocycles. The molecule has 18 nitrogen and oxygen atoms in total. The number of likely N-dealkylation sites (tertiary alicyclic amines) is 1. The fraction of sp³-hybridized carbons (Fsp3) is 0.421. The zero-order valence-corrected chi connectivity index (χ0v) is 32.0. The van der Waals surface area contributed by atoms with Gasteiger partial charge in [-0.2, -0.15) is 0 Å². The molecule has 1 spiro atoms. The Balaban J connectivity index is 0.844. The number of carbonyl (C=O) groups is 6. The number of aromatic nitrogens is 2. The van der Waals surface area contributed by atoms with Crippen molar-refractivity contribution in [3.8, 4) is 0 Å². The van der Waals surface area contributed by atoms with Crippen LogP contribution in [0.15, 0.2) is 53.6 Å². The highest BCUT2D eigenvalue weighted by atomic mass is 32.2. The largest absolute Gasteiger partial charge is 0.370 e. The van der Waals surface area contributed by atoms with Gasteiger partial charge in [0.15, 0.2) is 21.3 Å². The van der Waals surface area contributed by atoms with Gasteiger partial charge < -0.3 is 31.1 Å². The summed E-state index contributed by atoms with van der Waals surface area (Å²) in [6.45, 7) is 3.82. The van der Waals surface area contributed by atoms with Crippen molar-refractivity contribution in [2.45, 2.75) is 55.5 Å². The van der Waals surface area contributed by atoms with Crippen LogP contribution < -0.4 is 31.5 Å². The van der Waals surface area contributed by atoms with E-state index in [1.165, 1.54) is 18.3 Å². The summed E-state index contributed by atoms with van der Waals surface area (Å²) in [6.07, 6.45) is 5.95. The maximum absolute atomic E-state index is 13.5. The number of amides is 7. The predicted molar refractivity (Wildman–Crippen MR) is 206 cm³/mol. The Hall–Kier alpha value is -6.11. The number of rotatable bonds is 8. The Morgan fingerprint density at radius 3 is 2.33 bits per heavy atom. The molecule has 0 radical (unpaired) electrons. The molecule has 2 aromatic carbocycles. The number of imide groups is 2. The fourth-order valence-electron chi connectivity index (χ4n) is 8.39. The highest BCUT2D eigenvalue weighted by molar-refractivity contribution is 7.90. The van der Waals surface area contributed by atoms with Crippen LogP contribution in [0, 0.1) is 5.41 Å². The SMILES string of the molecule is CS(=O)(=O)c1ccc(Nc2nc(N3CCC[C@@H](NC(=O)N4CCC5(CC4)CN(c4ccc6c(c4)C(=O)N(C4CCC(=O)NC4=O)C6=O)C5)C3)cnc2C(N)=O)cc1. The average molecular weight is 799 g/mol. The molecule has 5 aliphatic heterocycles. The monoisotopic (exact) mass is 798 g/mol. The molecule has 57 heavy (non-hydrogen) atoms. The van der Waals surface area contributed by atoms with E-state index in [0.717, 1.165) is 55.6 Å². The van der Waals surface area contributed by atoms with Gasteiger partial charge in [-0.05, 0) is 74.6 Å². The molecule has 1 aromatic heterocycles. The van der Waals surface area contributed by atoms with Crippen LogP contribution in [0.5, 0.6) is 0 Å². The van der Waals surface area contributed by atoms with Crippen molar-refractivity contribution in [2.75, 3.05) is 60.6 Å². The van der Waals surface area contributed by atoms with Crippen molar-refractivity contribution in [2.24, 2.45) is 11.1 Å². The molecule has 5 N–H and O–H groups in total. The third-order valence-electron chi connectivity index (χ3n) is 11.6. The maximum atomic E-state index is 13.5. The van der Waals surface area contributed by atoms with E-state index < -0.39 is 45.4 Å². The van der Waals surface area contributed by atoms with Gasteiger partial charge in [0.25, 0.3) is 17.7 Å². The summed E-state index contributed by atoms with van der Waals surface area (Å²) in [7, 11) is -3.39. The summed E-state index contributed by atoms with van der Waals surface area (Å²) in [5.74, 6) is -2.28. The molecule has 4 fully saturated rings. The van der Waals surface area contributed by atoms with Gasteiger partial charge in [0.2, 0.25) is 11.8 Å². The minimum absolute atomic E-state index is 0.0211. The van der Waals surface area contributed by atoms with E-state index in [2.05, 4.69) is 30.8 Å². The maximum Gasteiger partial charge on any atom is 0.317 e. The summed E-state index contributed by atoms with van der Waals surface area (Å²) in [4.78, 5) is 92.2. The lowest BCUT2D eigenvalue weighted by Gasteiger charge is -2.55. The van der Waals surface area contributed by atoms with Gasteiger partial charge in [-0.25, -0.2) is 23.2 Å². The Morgan fingerprint density at radius 2 is 1.65 bits per heavy atom. The minimum Gasteiger partial charge on any atom is -0.370 e. The zero-order valence-electron chi connectivity index (χ0n) is 31.2. The van der Waals surface area contributed by atoms with Crippen LogP contribution in [0.3, 0.4) is 0 Å². The van der Waals surface area contributed by atoms with Crippen LogP contribution in [0.2, 0.25) is 0 Å². The summed E-state index contributed by atoms with van der Waals surface area (Å²) in [5.41, 5.74) is 7.34. The van der Waals surface area contributed by atoms with Crippen molar-refractivity contribution in [1.82, 2.24) is 30.4 Å². The molecule has 2 atom stereocenters. The van der Waals surface area contributed by atoms with Crippen molar-refractivity contribution < 1.29 is 37.2 Å². The third-order valence-corrected chi connectivity index (χ3v) is 12.7. The van der Waals surface area contributed by atoms with Crippen LogP contribution in [-0.4, -0.2) is 121 Å². The quantitative estimate of drug-likeness (QED) is 0.236. The van der Waals surface area contributed by atoms with Crippen molar-refractivity contribution in [1.29, 1.82) is 0 Å². The number of carbonyl (C=O) groups excluding carboxylic acids is 6. The molecule has 0 aliphatic carbocycles. The number of piperidine rings is 3. The van der Waals surface area contributed by atoms with E-state index in [-0.39, 0.29) is 57.9 Å². The fourth-order valence-corrected chi connectivity index (χ4v) is 9.02. The molecule has 0 saturated carbocycles. The highest BCUT2D eigenvalue weighted by Crippen LogP contribution is 2.43. The van der Waals surface area contributed by atoms with E-state index >= 15 is 0 Å². The average Bonchev–Trinajstić information content (AvgIpc) is 3.41. The Morgan fingerprint density at radius 1 is 0.930 bits per heavy atom. The number of sulfone groups is 1. The van der Waals surface area contributed by atoms with Crippen LogP contribution >= 0.6 is 0 Å². The summed E-state index contributed by atoms with van der Waals surface area (Å²) >= 11 is 0. The number of anilines is 4. The first-order chi connectivity index (χ1) is 27.2. The highest BCUT2D eigenvalue weighted by Gasteiger charge is 2.48. The topological polar surface area (TPSA) is 237 Å². The van der Waals surface area contributed by atoms with Gasteiger partial charge >= 0.3 is 6.03 Å². The van der Waals surface area contributed by atoms with Gasteiger partial charge in [0.05, 0.1) is 22.2 Å². The molecule has 1 unspecified atom stereocenters. The molecular formula is C38H42N10O8S. The smallest absolute Gasteiger partial charge is 0.317 e. The molecule has 298 valence electrons. The minimum atomic E-state index is -3.39. The number of nitrogens with two attached hydrogens (primary N) is 1. The number of benzene rings is 2. The third kappa shape index (κ3) is 7.34. The van der Waals surface area contributed by atoms with Gasteiger partial charge in [-0.15, -0.1) is 0 Å². The van der Waals surface area contributed by atoms with Gasteiger partial charge in [0, 0.05) is 74.8 Å². The first kappa shape index (κ1) is 37.8. The number of fused-ring (bicyclic) bond motifs is 1. The zero-order chi connectivity index (χ0) is 40.2. The second kappa shape index (κ2) is 14.4. The van der Waals surface area contributed by atoms with E-state index in [4.69, 9.17) is 5.73 Å². The lowest BCUT2D eigenvalue weighted by Crippen LogP contribution is -2.62. The van der Waals surface area contributed by atoms with Gasteiger partial charge in [-0.1, -0.05) is 0 Å². The normalized spacial score (nSPS) is 21.9. The molecular weight excluding hydrogens is 757 g/mol. The molecule has 6 heterocycles. The molecule has 8 rings (SSSR count). The van der Waals surface area contributed by atoms with E-state index in [9.17, 15) is 37.2 Å². The second-order valence-corrected chi connectivity index (χ2v) is 17.5. The van der Waals surface area contributed by atoms with Crippen LogP contribution in [0.25, 0.3) is 0 Å². The standard InChI is InChI=1S/C38H42N10O8S/c1-57(55,56)25-7-4-22(5-8-25)41-33-31(32(39)50)40-18-29(43-33)46-14-2-3-23(19-46)42-37(54)45-15-12-38(13-16-45)20-47(21-38)24-6-9-26-27(17-24)36(53)48(35(26)52)28-10-11-30(49)44-34(28)51/h4-9,17-18,23,28H,2-3,10-16,19-21H2,1H3,(H2,39,50)(H,41,43)(H,42,54)(H,44,49,51)/t23-,28?/m1/s1. The van der Waals surface area contributed by atoms with Gasteiger partial charge in [-0.3, -0.25) is 34.2 Å². The van der Waals surface area contributed by atoms with E-state index in [1.54, 1.807) is 24.3 Å². The number of nitrogens with one attached hydrogen (secondary N) is 3. The number of nitrogens with zero attached hydrogens (tertiary/aromatic N) is 6. The number of urea groups is 1. The molecule has 19 heteroatoms. The number of primary amides is 1. The predicted octanol–water partition coefficient (Wildman–Crippen LogP) is 1.40. The lowest BCUT2D eigenvalue weighted by molar-refractivity contribution is -0.136. The first-order valence-corrected chi connectivity index (χ1v) is 20.7. The lowest BCUT2D eigenvalue weighted by atomic mass is 9.71. The van der Waals surface area contributed by atoms with Crippen molar-refractivity contribution >= 4 is 68.4 Å². The Kier molecular flexibility index (Phi) is 9.57. The molecule has 3 aromatic rings. The van der Waals surface area contributed by atoms with Gasteiger partial charge in [0.1, 0.15) is 11.9 Å². The second-order valence-electron chi connectivity index (χ2n) is 15.5. The first-order valence-electron chi connectivity index (χ1n) is 18.8. The Labute approximate surface area is 328 Å². The Bertz CT molecular complexity index is 2300. The van der Waals surface area contributed by atoms with Crippen LogP contribution in [-0.2, 0) is 19.4 Å². The van der Waals surface area contributed by atoms with Crippen LogP contribution in [0.4, 0.5) is 27.8 Å².